The summed E-state index contributed by atoms with van der Waals surface area (Å²) in [4.78, 5) is 12.2. The molecule has 0 unspecified atom stereocenters. The van der Waals surface area contributed by atoms with E-state index in [1.165, 1.54) is 5.56 Å². The third kappa shape index (κ3) is 5.10. The van der Waals surface area contributed by atoms with Gasteiger partial charge in [0.25, 0.3) is 0 Å². The van der Waals surface area contributed by atoms with E-state index in [1.807, 2.05) is 24.3 Å². The van der Waals surface area contributed by atoms with Crippen molar-refractivity contribution in [2.45, 2.75) is 39.2 Å². The zero-order valence-corrected chi connectivity index (χ0v) is 15.4. The number of hydrogen-bond acceptors (Lipinski definition) is 1. The molecule has 0 aliphatic heterocycles. The number of carbonyl (C=O) groups excluding carboxylic acids is 1. The number of rotatable bonds is 5. The molecule has 2 aromatic carbocycles. The lowest BCUT2D eigenvalue weighted by molar-refractivity contribution is 0.248. The molecule has 1 atom stereocenters. The van der Waals surface area contributed by atoms with Crippen molar-refractivity contribution in [3.05, 3.63) is 64.1 Å². The molecule has 0 bridgehead atoms. The molecule has 4 heteroatoms. The van der Waals surface area contributed by atoms with Crippen LogP contribution in [-0.2, 0) is 0 Å². The fraction of sp³-hybridized carbons (Fsp3) is 0.316. The fourth-order valence-corrected chi connectivity index (χ4v) is 2.66. The maximum atomic E-state index is 12.2. The van der Waals surface area contributed by atoms with E-state index in [-0.39, 0.29) is 12.1 Å². The SMILES string of the molecule is CC[C@H](NC(=O)Nc1ccc(Br)cc1)c1ccc(C(C)C)cc1. The van der Waals surface area contributed by atoms with Gasteiger partial charge in [0.15, 0.2) is 0 Å². The number of nitrogens with one attached hydrogen (secondary N) is 2. The average Bonchev–Trinajstić information content (AvgIpc) is 2.55. The molecule has 0 aromatic heterocycles. The van der Waals surface area contributed by atoms with Gasteiger partial charge in [-0.25, -0.2) is 4.79 Å². The molecule has 0 fully saturated rings. The summed E-state index contributed by atoms with van der Waals surface area (Å²) in [7, 11) is 0. The Labute approximate surface area is 146 Å². The standard InChI is InChI=1S/C19H23BrN2O/c1-4-18(15-7-5-14(6-8-15)13(2)3)22-19(23)21-17-11-9-16(20)10-12-17/h5-13,18H,4H2,1-3H3,(H2,21,22,23)/t18-/m0/s1. The van der Waals surface area contributed by atoms with Gasteiger partial charge in [0.1, 0.15) is 0 Å². The van der Waals surface area contributed by atoms with Gasteiger partial charge in [-0.05, 0) is 47.7 Å². The zero-order chi connectivity index (χ0) is 16.8. The summed E-state index contributed by atoms with van der Waals surface area (Å²) in [6.45, 7) is 6.42. The van der Waals surface area contributed by atoms with Gasteiger partial charge in [-0.15, -0.1) is 0 Å². The summed E-state index contributed by atoms with van der Waals surface area (Å²) in [6.07, 6.45) is 0.842. The summed E-state index contributed by atoms with van der Waals surface area (Å²) in [5.74, 6) is 0.512. The first-order chi connectivity index (χ1) is 11.0. The van der Waals surface area contributed by atoms with Crippen molar-refractivity contribution in [1.82, 2.24) is 5.32 Å². The predicted molar refractivity (Wildman–Crippen MR) is 99.9 cm³/mol. The van der Waals surface area contributed by atoms with E-state index < -0.39 is 0 Å². The Morgan fingerprint density at radius 3 is 2.09 bits per heavy atom. The molecule has 2 aromatic rings. The minimum absolute atomic E-state index is 0.00617. The van der Waals surface area contributed by atoms with Gasteiger partial charge >= 0.3 is 6.03 Å². The van der Waals surface area contributed by atoms with E-state index >= 15 is 0 Å². The third-order valence-electron chi connectivity index (χ3n) is 3.82. The van der Waals surface area contributed by atoms with E-state index in [9.17, 15) is 4.79 Å². The largest absolute Gasteiger partial charge is 0.331 e. The Bertz CT molecular complexity index is 635. The van der Waals surface area contributed by atoms with Crippen molar-refractivity contribution in [3.63, 3.8) is 0 Å². The number of benzene rings is 2. The predicted octanol–water partition coefficient (Wildman–Crippen LogP) is 5.85. The van der Waals surface area contributed by atoms with Gasteiger partial charge in [-0.2, -0.15) is 0 Å². The number of amides is 2. The van der Waals surface area contributed by atoms with Crippen LogP contribution in [-0.4, -0.2) is 6.03 Å². The van der Waals surface area contributed by atoms with Crippen molar-refractivity contribution in [1.29, 1.82) is 0 Å². The summed E-state index contributed by atoms with van der Waals surface area (Å²) in [5, 5.41) is 5.90. The molecule has 23 heavy (non-hydrogen) atoms. The van der Waals surface area contributed by atoms with E-state index in [4.69, 9.17) is 0 Å². The van der Waals surface area contributed by atoms with Crippen molar-refractivity contribution in [3.8, 4) is 0 Å². The van der Waals surface area contributed by atoms with Gasteiger partial charge in [0, 0.05) is 10.2 Å². The molecule has 0 radical (unpaired) electrons. The maximum Gasteiger partial charge on any atom is 0.319 e. The molecule has 2 amide bonds. The Kier molecular flexibility index (Phi) is 6.22. The summed E-state index contributed by atoms with van der Waals surface area (Å²) >= 11 is 3.38. The second-order valence-electron chi connectivity index (χ2n) is 5.89. The van der Waals surface area contributed by atoms with Crippen LogP contribution in [0.5, 0.6) is 0 Å². The molecule has 0 spiro atoms. The summed E-state index contributed by atoms with van der Waals surface area (Å²) < 4.78 is 0.986. The monoisotopic (exact) mass is 374 g/mol. The zero-order valence-electron chi connectivity index (χ0n) is 13.8. The van der Waals surface area contributed by atoms with E-state index in [0.717, 1.165) is 22.1 Å². The Hall–Kier alpha value is -1.81. The lowest BCUT2D eigenvalue weighted by Crippen LogP contribution is -2.32. The van der Waals surface area contributed by atoms with Crippen molar-refractivity contribution in [2.75, 3.05) is 5.32 Å². The van der Waals surface area contributed by atoms with Crippen molar-refractivity contribution in [2.24, 2.45) is 0 Å². The van der Waals surface area contributed by atoms with Gasteiger partial charge in [-0.1, -0.05) is 61.0 Å². The van der Waals surface area contributed by atoms with E-state index in [0.29, 0.717) is 5.92 Å². The first-order valence-electron chi connectivity index (χ1n) is 7.92. The van der Waals surface area contributed by atoms with Crippen LogP contribution in [0, 0.1) is 0 Å². The highest BCUT2D eigenvalue weighted by atomic mass is 79.9. The lowest BCUT2D eigenvalue weighted by atomic mass is 9.98. The van der Waals surface area contributed by atoms with Crippen LogP contribution in [0.25, 0.3) is 0 Å². The minimum Gasteiger partial charge on any atom is -0.331 e. The number of urea groups is 1. The molecule has 2 N–H and O–H groups in total. The van der Waals surface area contributed by atoms with Crippen molar-refractivity contribution < 1.29 is 4.79 Å². The first-order valence-corrected chi connectivity index (χ1v) is 8.71. The number of halogens is 1. The van der Waals surface area contributed by atoms with Crippen LogP contribution < -0.4 is 10.6 Å². The third-order valence-corrected chi connectivity index (χ3v) is 4.35. The second-order valence-corrected chi connectivity index (χ2v) is 6.80. The van der Waals surface area contributed by atoms with Crippen LogP contribution in [0.1, 0.15) is 50.3 Å². The maximum absolute atomic E-state index is 12.2. The van der Waals surface area contributed by atoms with Gasteiger partial charge in [0.2, 0.25) is 0 Å². The van der Waals surface area contributed by atoms with Crippen LogP contribution in [0.15, 0.2) is 53.0 Å². The van der Waals surface area contributed by atoms with Crippen LogP contribution in [0.4, 0.5) is 10.5 Å². The molecule has 2 rings (SSSR count). The number of hydrogen-bond donors (Lipinski definition) is 2. The lowest BCUT2D eigenvalue weighted by Gasteiger charge is -2.19. The second kappa shape index (κ2) is 8.16. The fourth-order valence-electron chi connectivity index (χ4n) is 2.39. The van der Waals surface area contributed by atoms with Gasteiger partial charge < -0.3 is 10.6 Å². The number of anilines is 1. The molecule has 0 saturated carbocycles. The van der Waals surface area contributed by atoms with Crippen LogP contribution in [0.3, 0.4) is 0 Å². The Balaban J connectivity index is 2.00. The molecule has 0 aliphatic carbocycles. The minimum atomic E-state index is -0.188. The normalized spacial score (nSPS) is 12.0. The topological polar surface area (TPSA) is 41.1 Å². The highest BCUT2D eigenvalue weighted by Crippen LogP contribution is 2.21. The van der Waals surface area contributed by atoms with Gasteiger partial charge in [0.05, 0.1) is 6.04 Å². The Morgan fingerprint density at radius 2 is 1.57 bits per heavy atom. The highest BCUT2D eigenvalue weighted by Gasteiger charge is 2.13. The quantitative estimate of drug-likeness (QED) is 0.677. The highest BCUT2D eigenvalue weighted by molar-refractivity contribution is 9.10. The molecule has 0 saturated heterocycles. The molecule has 0 aliphatic rings. The average molecular weight is 375 g/mol. The van der Waals surface area contributed by atoms with Gasteiger partial charge in [-0.3, -0.25) is 0 Å². The van der Waals surface area contributed by atoms with E-state index in [1.54, 1.807) is 0 Å². The van der Waals surface area contributed by atoms with E-state index in [2.05, 4.69) is 71.6 Å². The Morgan fingerprint density at radius 1 is 1.00 bits per heavy atom. The molecular weight excluding hydrogens is 352 g/mol. The number of carbonyl (C=O) groups is 1. The molecule has 0 heterocycles. The van der Waals surface area contributed by atoms with Crippen LogP contribution >= 0.6 is 15.9 Å². The molecule has 122 valence electrons. The molecule has 3 nitrogen and oxygen atoms in total. The molecular formula is C19H23BrN2O. The first kappa shape index (κ1) is 17.5. The van der Waals surface area contributed by atoms with Crippen molar-refractivity contribution >= 4 is 27.6 Å². The summed E-state index contributed by atoms with van der Waals surface area (Å²) in [5.41, 5.74) is 3.21. The van der Waals surface area contributed by atoms with Crippen LogP contribution in [0.2, 0.25) is 0 Å². The smallest absolute Gasteiger partial charge is 0.319 e. The summed E-state index contributed by atoms with van der Waals surface area (Å²) in [6, 6.07) is 15.8.